The van der Waals surface area contributed by atoms with Gasteiger partial charge in [0.25, 0.3) is 5.91 Å². The Balaban J connectivity index is 2.67. The van der Waals surface area contributed by atoms with E-state index in [0.29, 0.717) is 4.47 Å². The van der Waals surface area contributed by atoms with E-state index in [0.717, 1.165) is 12.2 Å². The van der Waals surface area contributed by atoms with E-state index in [-0.39, 0.29) is 17.5 Å². The van der Waals surface area contributed by atoms with Gasteiger partial charge in [-0.3, -0.25) is 4.79 Å². The van der Waals surface area contributed by atoms with Crippen LogP contribution in [-0.4, -0.2) is 24.0 Å². The summed E-state index contributed by atoms with van der Waals surface area (Å²) in [5.74, 6) is 0.0991. The first-order valence-corrected chi connectivity index (χ1v) is 7.48. The largest absolute Gasteiger partial charge is 0.349 e. The summed E-state index contributed by atoms with van der Waals surface area (Å²) in [5, 5.41) is 2.79. The molecule has 17 heavy (non-hydrogen) atoms. The molecule has 0 aliphatic carbocycles. The third-order valence-electron chi connectivity index (χ3n) is 2.33. The summed E-state index contributed by atoms with van der Waals surface area (Å²) >= 11 is 4.79. The van der Waals surface area contributed by atoms with Gasteiger partial charge >= 0.3 is 0 Å². The zero-order valence-corrected chi connectivity index (χ0v) is 12.2. The van der Waals surface area contributed by atoms with Crippen LogP contribution in [0.5, 0.6) is 0 Å². The highest BCUT2D eigenvalue weighted by atomic mass is 79.9. The van der Waals surface area contributed by atoms with Gasteiger partial charge in [0, 0.05) is 6.04 Å². The van der Waals surface area contributed by atoms with Crippen molar-refractivity contribution in [2.45, 2.75) is 19.4 Å². The van der Waals surface area contributed by atoms with E-state index in [1.165, 1.54) is 6.07 Å². The maximum atomic E-state index is 13.6. The fourth-order valence-electron chi connectivity index (χ4n) is 1.35. The lowest BCUT2D eigenvalue weighted by Gasteiger charge is -2.13. The van der Waals surface area contributed by atoms with Crippen LogP contribution in [0.1, 0.15) is 23.7 Å². The minimum atomic E-state index is -0.512. The summed E-state index contributed by atoms with van der Waals surface area (Å²) in [6.45, 7) is 1.92. The third kappa shape index (κ3) is 4.32. The van der Waals surface area contributed by atoms with Gasteiger partial charge in [0.1, 0.15) is 5.82 Å². The van der Waals surface area contributed by atoms with Crippen molar-refractivity contribution in [1.29, 1.82) is 0 Å². The van der Waals surface area contributed by atoms with Gasteiger partial charge in [0.15, 0.2) is 0 Å². The van der Waals surface area contributed by atoms with Crippen molar-refractivity contribution >= 4 is 33.6 Å². The highest BCUT2D eigenvalue weighted by Gasteiger charge is 2.15. The van der Waals surface area contributed by atoms with Crippen LogP contribution < -0.4 is 5.32 Å². The predicted octanol–water partition coefficient (Wildman–Crippen LogP) is 3.46. The molecule has 1 atom stereocenters. The number of hydrogen-bond donors (Lipinski definition) is 1. The maximum Gasteiger partial charge on any atom is 0.254 e. The van der Waals surface area contributed by atoms with Gasteiger partial charge in [0.05, 0.1) is 10.0 Å². The molecule has 2 nitrogen and oxygen atoms in total. The Morgan fingerprint density at radius 2 is 2.29 bits per heavy atom. The summed E-state index contributed by atoms with van der Waals surface area (Å²) in [6.07, 6.45) is 2.89. The van der Waals surface area contributed by atoms with Crippen LogP contribution >= 0.6 is 27.7 Å². The van der Waals surface area contributed by atoms with Crippen molar-refractivity contribution in [3.05, 3.63) is 34.1 Å². The van der Waals surface area contributed by atoms with Gasteiger partial charge in [-0.25, -0.2) is 4.39 Å². The Hall–Kier alpha value is -0.550. The van der Waals surface area contributed by atoms with Crippen LogP contribution in [0.4, 0.5) is 4.39 Å². The molecule has 0 radical (unpaired) electrons. The van der Waals surface area contributed by atoms with Crippen molar-refractivity contribution in [3.63, 3.8) is 0 Å². The molecule has 0 bridgehead atoms. The van der Waals surface area contributed by atoms with E-state index in [1.54, 1.807) is 23.9 Å². The van der Waals surface area contributed by atoms with E-state index in [2.05, 4.69) is 21.2 Å². The van der Waals surface area contributed by atoms with E-state index >= 15 is 0 Å². The van der Waals surface area contributed by atoms with Gasteiger partial charge in [-0.1, -0.05) is 6.07 Å². The van der Waals surface area contributed by atoms with E-state index < -0.39 is 5.82 Å². The number of amides is 1. The second-order valence-corrected chi connectivity index (χ2v) is 5.60. The van der Waals surface area contributed by atoms with Gasteiger partial charge in [-0.15, -0.1) is 0 Å². The Kier molecular flexibility index (Phi) is 5.98. The van der Waals surface area contributed by atoms with Crippen molar-refractivity contribution < 1.29 is 9.18 Å². The molecular formula is C12H15BrFNOS. The molecule has 0 aromatic heterocycles. The van der Waals surface area contributed by atoms with Crippen LogP contribution in [0.3, 0.4) is 0 Å². The van der Waals surface area contributed by atoms with Crippen molar-refractivity contribution in [2.24, 2.45) is 0 Å². The van der Waals surface area contributed by atoms with Crippen molar-refractivity contribution in [2.75, 3.05) is 12.0 Å². The molecule has 94 valence electrons. The number of rotatable bonds is 5. The normalized spacial score (nSPS) is 12.2. The molecule has 5 heteroatoms. The summed E-state index contributed by atoms with van der Waals surface area (Å²) in [5.41, 5.74) is 0.0791. The van der Waals surface area contributed by atoms with Crippen LogP contribution in [0, 0.1) is 5.82 Å². The van der Waals surface area contributed by atoms with E-state index in [9.17, 15) is 9.18 Å². The molecule has 0 fully saturated rings. The lowest BCUT2D eigenvalue weighted by Crippen LogP contribution is -2.33. The third-order valence-corrected chi connectivity index (χ3v) is 3.59. The lowest BCUT2D eigenvalue weighted by molar-refractivity contribution is 0.0935. The summed E-state index contributed by atoms with van der Waals surface area (Å²) in [6, 6.07) is 4.75. The van der Waals surface area contributed by atoms with Crippen LogP contribution in [-0.2, 0) is 0 Å². The second-order valence-electron chi connectivity index (χ2n) is 3.76. The molecule has 0 heterocycles. The average Bonchev–Trinajstić information content (AvgIpc) is 2.29. The first-order valence-electron chi connectivity index (χ1n) is 5.30. The molecule has 0 spiro atoms. The quantitative estimate of drug-likeness (QED) is 0.900. The summed E-state index contributed by atoms with van der Waals surface area (Å²) in [7, 11) is 0. The SMILES string of the molecule is CSCCC(C)NC(=O)c1cccc(Br)c1F. The minimum Gasteiger partial charge on any atom is -0.349 e. The average molecular weight is 320 g/mol. The van der Waals surface area contributed by atoms with Crippen LogP contribution in [0.25, 0.3) is 0 Å². The smallest absolute Gasteiger partial charge is 0.254 e. The first kappa shape index (κ1) is 14.5. The highest BCUT2D eigenvalue weighted by Crippen LogP contribution is 2.18. The van der Waals surface area contributed by atoms with Gasteiger partial charge in [0.2, 0.25) is 0 Å². The molecule has 0 saturated heterocycles. The molecule has 0 saturated carbocycles. The van der Waals surface area contributed by atoms with Gasteiger partial charge in [-0.05, 0) is 53.4 Å². The Morgan fingerprint density at radius 1 is 1.59 bits per heavy atom. The van der Waals surface area contributed by atoms with E-state index in [1.807, 2.05) is 13.2 Å². The van der Waals surface area contributed by atoms with Crippen LogP contribution in [0.2, 0.25) is 0 Å². The molecule has 1 aromatic rings. The Bertz CT molecular complexity index is 400. The Labute approximate surface area is 113 Å². The molecule has 0 aliphatic rings. The number of halogens is 2. The van der Waals surface area contributed by atoms with Crippen LogP contribution in [0.15, 0.2) is 22.7 Å². The summed E-state index contributed by atoms with van der Waals surface area (Å²) < 4.78 is 14.0. The fourth-order valence-corrected chi connectivity index (χ4v) is 2.30. The number of nitrogens with one attached hydrogen (secondary N) is 1. The molecule has 1 amide bonds. The lowest BCUT2D eigenvalue weighted by atomic mass is 10.1. The van der Waals surface area contributed by atoms with Crippen molar-refractivity contribution in [1.82, 2.24) is 5.32 Å². The maximum absolute atomic E-state index is 13.6. The summed E-state index contributed by atoms with van der Waals surface area (Å²) in [4.78, 5) is 11.8. The minimum absolute atomic E-state index is 0.0494. The fraction of sp³-hybridized carbons (Fsp3) is 0.417. The van der Waals surface area contributed by atoms with Gasteiger partial charge in [-0.2, -0.15) is 11.8 Å². The standard InChI is InChI=1S/C12H15BrFNOS/c1-8(6-7-17-2)15-12(16)9-4-3-5-10(13)11(9)14/h3-5,8H,6-7H2,1-2H3,(H,15,16). The molecule has 1 N–H and O–H groups in total. The molecular weight excluding hydrogens is 305 g/mol. The number of carbonyl (C=O) groups excluding carboxylic acids is 1. The zero-order valence-electron chi connectivity index (χ0n) is 9.80. The molecule has 1 rings (SSSR count). The van der Waals surface area contributed by atoms with E-state index in [4.69, 9.17) is 0 Å². The number of benzene rings is 1. The number of thioether (sulfide) groups is 1. The monoisotopic (exact) mass is 319 g/mol. The topological polar surface area (TPSA) is 29.1 Å². The molecule has 0 aliphatic heterocycles. The molecule has 1 unspecified atom stereocenters. The number of hydrogen-bond acceptors (Lipinski definition) is 2. The number of carbonyl (C=O) groups is 1. The second kappa shape index (κ2) is 7.01. The van der Waals surface area contributed by atoms with Gasteiger partial charge < -0.3 is 5.32 Å². The first-order chi connectivity index (χ1) is 8.06. The predicted molar refractivity (Wildman–Crippen MR) is 74.0 cm³/mol. The highest BCUT2D eigenvalue weighted by molar-refractivity contribution is 9.10. The molecule has 1 aromatic carbocycles. The Morgan fingerprint density at radius 3 is 2.94 bits per heavy atom. The van der Waals surface area contributed by atoms with Crippen molar-refractivity contribution in [3.8, 4) is 0 Å². The zero-order chi connectivity index (χ0) is 12.8.